The van der Waals surface area contributed by atoms with Crippen LogP contribution in [-0.2, 0) is 4.79 Å². The lowest BCUT2D eigenvalue weighted by Gasteiger charge is -1.98. The van der Waals surface area contributed by atoms with E-state index in [2.05, 4.69) is 31.2 Å². The first-order valence-corrected chi connectivity index (χ1v) is 5.88. The lowest BCUT2D eigenvalue weighted by atomic mass is 10.2. The molecule has 1 amide bonds. The standard InChI is InChI=1S/C12H9BrFN3O/c13-9-2-3-10(14)8(7-9)1-4-11(18)17-12-15-5-6-16-12/h1-7H,(H2,15,16,17,18). The van der Waals surface area contributed by atoms with Gasteiger partial charge >= 0.3 is 0 Å². The van der Waals surface area contributed by atoms with Crippen molar-refractivity contribution in [1.82, 2.24) is 9.97 Å². The maximum absolute atomic E-state index is 13.4. The Kier molecular flexibility index (Phi) is 3.88. The predicted molar refractivity (Wildman–Crippen MR) is 70.4 cm³/mol. The summed E-state index contributed by atoms with van der Waals surface area (Å²) in [5.74, 6) is -0.427. The van der Waals surface area contributed by atoms with Gasteiger partial charge in [-0.3, -0.25) is 10.1 Å². The largest absolute Gasteiger partial charge is 0.331 e. The van der Waals surface area contributed by atoms with Crippen LogP contribution in [0.2, 0.25) is 0 Å². The molecule has 0 aliphatic heterocycles. The number of halogens is 2. The van der Waals surface area contributed by atoms with E-state index in [-0.39, 0.29) is 11.7 Å². The molecule has 0 atom stereocenters. The van der Waals surface area contributed by atoms with E-state index in [1.54, 1.807) is 18.3 Å². The summed E-state index contributed by atoms with van der Waals surface area (Å²) in [5.41, 5.74) is 0.332. The van der Waals surface area contributed by atoms with Crippen LogP contribution >= 0.6 is 15.9 Å². The minimum absolute atomic E-state index is 0.332. The van der Waals surface area contributed by atoms with Crippen LogP contribution in [0.3, 0.4) is 0 Å². The highest BCUT2D eigenvalue weighted by Crippen LogP contribution is 2.16. The number of hydrogen-bond donors (Lipinski definition) is 2. The Labute approximate surface area is 111 Å². The molecule has 0 unspecified atom stereocenters. The normalized spacial score (nSPS) is 10.8. The number of aromatic amines is 1. The molecule has 0 aliphatic carbocycles. The smallest absolute Gasteiger partial charge is 0.250 e. The maximum Gasteiger partial charge on any atom is 0.250 e. The number of anilines is 1. The van der Waals surface area contributed by atoms with Gasteiger partial charge in [0, 0.05) is 28.5 Å². The third kappa shape index (κ3) is 3.27. The van der Waals surface area contributed by atoms with E-state index in [9.17, 15) is 9.18 Å². The summed E-state index contributed by atoms with van der Waals surface area (Å²) >= 11 is 3.24. The van der Waals surface area contributed by atoms with Crippen LogP contribution in [0.4, 0.5) is 10.3 Å². The highest BCUT2D eigenvalue weighted by molar-refractivity contribution is 9.10. The lowest BCUT2D eigenvalue weighted by Crippen LogP contribution is -2.08. The molecule has 2 rings (SSSR count). The monoisotopic (exact) mass is 309 g/mol. The number of carbonyl (C=O) groups is 1. The van der Waals surface area contributed by atoms with Gasteiger partial charge in [0.1, 0.15) is 5.82 Å². The van der Waals surface area contributed by atoms with Crippen LogP contribution in [0, 0.1) is 5.82 Å². The van der Waals surface area contributed by atoms with Crippen molar-refractivity contribution in [3.63, 3.8) is 0 Å². The second kappa shape index (κ2) is 5.59. The summed E-state index contributed by atoms with van der Waals surface area (Å²) in [6.45, 7) is 0. The number of amides is 1. The summed E-state index contributed by atoms with van der Waals surface area (Å²) in [6, 6.07) is 4.51. The predicted octanol–water partition coefficient (Wildman–Crippen LogP) is 2.96. The summed E-state index contributed by atoms with van der Waals surface area (Å²) in [5, 5.41) is 2.50. The molecule has 0 fully saturated rings. The molecule has 0 aliphatic rings. The zero-order valence-corrected chi connectivity index (χ0v) is 10.7. The topological polar surface area (TPSA) is 57.8 Å². The van der Waals surface area contributed by atoms with Gasteiger partial charge in [-0.05, 0) is 24.3 Å². The summed E-state index contributed by atoms with van der Waals surface area (Å²) < 4.78 is 14.1. The molecule has 1 aromatic heterocycles. The van der Waals surface area contributed by atoms with Crippen molar-refractivity contribution in [2.24, 2.45) is 0 Å². The molecule has 0 saturated heterocycles. The molecular weight excluding hydrogens is 301 g/mol. The second-order valence-corrected chi connectivity index (χ2v) is 4.34. The molecule has 0 bridgehead atoms. The van der Waals surface area contributed by atoms with Crippen LogP contribution in [0.1, 0.15) is 5.56 Å². The number of benzene rings is 1. The summed E-state index contributed by atoms with van der Waals surface area (Å²) in [6.07, 6.45) is 5.76. The van der Waals surface area contributed by atoms with Crippen LogP contribution in [0.25, 0.3) is 6.08 Å². The number of aromatic nitrogens is 2. The fourth-order valence-corrected chi connectivity index (χ4v) is 1.68. The Morgan fingerprint density at radius 1 is 1.50 bits per heavy atom. The molecule has 1 heterocycles. The number of nitrogens with one attached hydrogen (secondary N) is 2. The van der Waals surface area contributed by atoms with Crippen molar-refractivity contribution in [3.8, 4) is 0 Å². The third-order valence-electron chi connectivity index (χ3n) is 2.11. The molecule has 6 heteroatoms. The lowest BCUT2D eigenvalue weighted by molar-refractivity contribution is -0.111. The van der Waals surface area contributed by atoms with E-state index in [1.807, 2.05) is 0 Å². The van der Waals surface area contributed by atoms with E-state index in [1.165, 1.54) is 24.4 Å². The number of imidazole rings is 1. The van der Waals surface area contributed by atoms with Gasteiger partial charge in [0.25, 0.3) is 5.91 Å². The van der Waals surface area contributed by atoms with Gasteiger partial charge in [0.15, 0.2) is 0 Å². The zero-order chi connectivity index (χ0) is 13.0. The van der Waals surface area contributed by atoms with Gasteiger partial charge in [0.2, 0.25) is 5.95 Å². The molecule has 2 aromatic rings. The Balaban J connectivity index is 2.06. The first kappa shape index (κ1) is 12.5. The van der Waals surface area contributed by atoms with Gasteiger partial charge in [0.05, 0.1) is 0 Å². The molecular formula is C12H9BrFN3O. The second-order valence-electron chi connectivity index (χ2n) is 3.43. The quantitative estimate of drug-likeness (QED) is 0.856. The van der Waals surface area contributed by atoms with Gasteiger partial charge in [-0.25, -0.2) is 9.37 Å². The fraction of sp³-hybridized carbons (Fsp3) is 0. The highest BCUT2D eigenvalue weighted by atomic mass is 79.9. The Morgan fingerprint density at radius 2 is 2.33 bits per heavy atom. The fourth-order valence-electron chi connectivity index (χ4n) is 1.30. The molecule has 0 spiro atoms. The van der Waals surface area contributed by atoms with Gasteiger partial charge in [-0.1, -0.05) is 15.9 Å². The minimum Gasteiger partial charge on any atom is -0.331 e. The van der Waals surface area contributed by atoms with E-state index in [0.717, 1.165) is 4.47 Å². The molecule has 1 aromatic carbocycles. The van der Waals surface area contributed by atoms with Gasteiger partial charge < -0.3 is 4.98 Å². The number of nitrogens with zero attached hydrogens (tertiary/aromatic N) is 1. The van der Waals surface area contributed by atoms with Gasteiger partial charge in [-0.15, -0.1) is 0 Å². The highest BCUT2D eigenvalue weighted by Gasteiger charge is 2.02. The molecule has 0 saturated carbocycles. The number of carbonyl (C=O) groups excluding carboxylic acids is 1. The molecule has 4 nitrogen and oxygen atoms in total. The average Bonchev–Trinajstić information content (AvgIpc) is 2.83. The average molecular weight is 310 g/mol. The van der Waals surface area contributed by atoms with Crippen LogP contribution < -0.4 is 5.32 Å². The molecule has 92 valence electrons. The molecule has 18 heavy (non-hydrogen) atoms. The summed E-state index contributed by atoms with van der Waals surface area (Å²) in [7, 11) is 0. The molecule has 0 radical (unpaired) electrons. The van der Waals surface area contributed by atoms with Crippen molar-refractivity contribution in [1.29, 1.82) is 0 Å². The molecule has 2 N–H and O–H groups in total. The first-order chi connectivity index (χ1) is 8.65. The van der Waals surface area contributed by atoms with E-state index in [4.69, 9.17) is 0 Å². The third-order valence-corrected chi connectivity index (χ3v) is 2.61. The first-order valence-electron chi connectivity index (χ1n) is 5.08. The van der Waals surface area contributed by atoms with Crippen molar-refractivity contribution in [2.45, 2.75) is 0 Å². The zero-order valence-electron chi connectivity index (χ0n) is 9.15. The Bertz CT molecular complexity index is 581. The van der Waals surface area contributed by atoms with Crippen molar-refractivity contribution in [3.05, 3.63) is 52.5 Å². The van der Waals surface area contributed by atoms with E-state index >= 15 is 0 Å². The minimum atomic E-state index is -0.389. The van der Waals surface area contributed by atoms with Crippen LogP contribution in [0.15, 0.2) is 41.1 Å². The van der Waals surface area contributed by atoms with Gasteiger partial charge in [-0.2, -0.15) is 0 Å². The van der Waals surface area contributed by atoms with E-state index in [0.29, 0.717) is 11.5 Å². The summed E-state index contributed by atoms with van der Waals surface area (Å²) in [4.78, 5) is 18.1. The van der Waals surface area contributed by atoms with Crippen molar-refractivity contribution in [2.75, 3.05) is 5.32 Å². The number of H-pyrrole nitrogens is 1. The number of rotatable bonds is 3. The Morgan fingerprint density at radius 3 is 3.06 bits per heavy atom. The van der Waals surface area contributed by atoms with Crippen LogP contribution in [0.5, 0.6) is 0 Å². The van der Waals surface area contributed by atoms with E-state index < -0.39 is 0 Å². The SMILES string of the molecule is O=C(C=Cc1cc(Br)ccc1F)Nc1ncc[nH]1. The van der Waals surface area contributed by atoms with Crippen molar-refractivity contribution < 1.29 is 9.18 Å². The van der Waals surface area contributed by atoms with Crippen molar-refractivity contribution >= 4 is 33.9 Å². The number of hydrogen-bond acceptors (Lipinski definition) is 2. The Hall–Kier alpha value is -1.95. The maximum atomic E-state index is 13.4. The van der Waals surface area contributed by atoms with Crippen LogP contribution in [-0.4, -0.2) is 15.9 Å².